The van der Waals surface area contributed by atoms with Crippen molar-refractivity contribution in [1.29, 1.82) is 0 Å². The molecule has 0 unspecified atom stereocenters. The molecule has 0 aliphatic rings. The topological polar surface area (TPSA) is 89.6 Å². The molecule has 8 heteroatoms. The average molecular weight is 276 g/mol. The van der Waals surface area contributed by atoms with Gasteiger partial charge in [0.15, 0.2) is 0 Å². The standard InChI is InChI=1S/C10H8N6S2/c11-16-10-14-8-6(1-4-17-8)9(15-10)18-7-5-12-2-3-13-7/h1-5H,11H2,(H,14,15,16). The van der Waals surface area contributed by atoms with Gasteiger partial charge in [-0.25, -0.2) is 20.8 Å². The van der Waals surface area contributed by atoms with Crippen LogP contribution in [0, 0.1) is 0 Å². The molecule has 0 aliphatic carbocycles. The second kappa shape index (κ2) is 4.84. The molecule has 6 nitrogen and oxygen atoms in total. The van der Waals surface area contributed by atoms with Crippen LogP contribution in [0.15, 0.2) is 40.1 Å². The number of rotatable bonds is 3. The van der Waals surface area contributed by atoms with Crippen LogP contribution in [0.5, 0.6) is 0 Å². The fourth-order valence-corrected chi connectivity index (χ4v) is 3.07. The molecule has 3 N–H and O–H groups in total. The Morgan fingerprint density at radius 1 is 1.28 bits per heavy atom. The summed E-state index contributed by atoms with van der Waals surface area (Å²) in [5, 5.41) is 4.57. The van der Waals surface area contributed by atoms with Crippen molar-refractivity contribution in [2.45, 2.75) is 10.1 Å². The Balaban J connectivity index is 2.07. The van der Waals surface area contributed by atoms with E-state index < -0.39 is 0 Å². The van der Waals surface area contributed by atoms with Gasteiger partial charge in [0.2, 0.25) is 5.95 Å². The van der Waals surface area contributed by atoms with Crippen molar-refractivity contribution < 1.29 is 0 Å². The smallest absolute Gasteiger partial charge is 0.239 e. The van der Waals surface area contributed by atoms with Gasteiger partial charge in [-0.1, -0.05) is 0 Å². The van der Waals surface area contributed by atoms with Crippen LogP contribution in [0.2, 0.25) is 0 Å². The third-order valence-electron chi connectivity index (χ3n) is 2.16. The van der Waals surface area contributed by atoms with E-state index in [1.807, 2.05) is 11.4 Å². The molecular weight excluding hydrogens is 268 g/mol. The molecule has 0 atom stereocenters. The number of hydrogen-bond acceptors (Lipinski definition) is 8. The van der Waals surface area contributed by atoms with Crippen LogP contribution in [0.1, 0.15) is 0 Å². The minimum atomic E-state index is 0.399. The van der Waals surface area contributed by atoms with Crippen LogP contribution in [0.4, 0.5) is 5.95 Å². The number of nitrogens with one attached hydrogen (secondary N) is 1. The van der Waals surface area contributed by atoms with Gasteiger partial charge in [0, 0.05) is 17.8 Å². The van der Waals surface area contributed by atoms with Crippen LogP contribution >= 0.6 is 23.1 Å². The van der Waals surface area contributed by atoms with Gasteiger partial charge in [-0.2, -0.15) is 0 Å². The monoisotopic (exact) mass is 276 g/mol. The summed E-state index contributed by atoms with van der Waals surface area (Å²) in [6.45, 7) is 0. The van der Waals surface area contributed by atoms with E-state index in [2.05, 4.69) is 25.4 Å². The van der Waals surface area contributed by atoms with Crippen LogP contribution in [-0.2, 0) is 0 Å². The number of nitrogens with two attached hydrogens (primary N) is 1. The van der Waals surface area contributed by atoms with Crippen molar-refractivity contribution in [3.8, 4) is 0 Å². The van der Waals surface area contributed by atoms with Gasteiger partial charge in [0.25, 0.3) is 0 Å². The molecule has 90 valence electrons. The van der Waals surface area contributed by atoms with E-state index in [-0.39, 0.29) is 0 Å². The predicted molar refractivity (Wildman–Crippen MR) is 71.4 cm³/mol. The van der Waals surface area contributed by atoms with E-state index in [9.17, 15) is 0 Å². The fraction of sp³-hybridized carbons (Fsp3) is 0. The lowest BCUT2D eigenvalue weighted by Crippen LogP contribution is -2.10. The highest BCUT2D eigenvalue weighted by atomic mass is 32.2. The van der Waals surface area contributed by atoms with Crippen molar-refractivity contribution in [3.05, 3.63) is 30.0 Å². The highest BCUT2D eigenvalue weighted by Gasteiger charge is 2.10. The Bertz CT molecular complexity index is 668. The van der Waals surface area contributed by atoms with Gasteiger partial charge >= 0.3 is 0 Å². The Morgan fingerprint density at radius 2 is 2.22 bits per heavy atom. The number of aromatic nitrogens is 4. The molecular formula is C10H8N6S2. The van der Waals surface area contributed by atoms with Gasteiger partial charge in [0.1, 0.15) is 14.9 Å². The minimum Gasteiger partial charge on any atom is -0.292 e. The molecule has 3 aromatic rings. The van der Waals surface area contributed by atoms with Gasteiger partial charge in [-0.15, -0.1) is 11.3 Å². The van der Waals surface area contributed by atoms with Gasteiger partial charge in [-0.3, -0.25) is 10.4 Å². The van der Waals surface area contributed by atoms with Crippen molar-refractivity contribution in [1.82, 2.24) is 19.9 Å². The number of fused-ring (bicyclic) bond motifs is 1. The van der Waals surface area contributed by atoms with E-state index in [1.165, 1.54) is 11.8 Å². The highest BCUT2D eigenvalue weighted by Crippen LogP contribution is 2.32. The molecule has 0 saturated heterocycles. The Hall–Kier alpha value is -1.77. The third kappa shape index (κ3) is 2.13. The van der Waals surface area contributed by atoms with E-state index in [4.69, 9.17) is 5.84 Å². The number of nitrogens with zero attached hydrogens (tertiary/aromatic N) is 4. The largest absolute Gasteiger partial charge is 0.292 e. The Labute approximate surface area is 111 Å². The third-order valence-corrected chi connectivity index (χ3v) is 3.89. The molecule has 0 aromatic carbocycles. The highest BCUT2D eigenvalue weighted by molar-refractivity contribution is 7.99. The normalized spacial score (nSPS) is 10.7. The summed E-state index contributed by atoms with van der Waals surface area (Å²) in [5.74, 6) is 5.76. The molecule has 0 saturated carbocycles. The maximum absolute atomic E-state index is 5.36. The number of anilines is 1. The number of nitrogen functional groups attached to an aromatic ring is 1. The summed E-state index contributed by atoms with van der Waals surface area (Å²) in [4.78, 5) is 17.8. The lowest BCUT2D eigenvalue weighted by atomic mass is 10.4. The first-order valence-corrected chi connectivity index (χ1v) is 6.72. The van der Waals surface area contributed by atoms with E-state index in [1.54, 1.807) is 29.9 Å². The van der Waals surface area contributed by atoms with Crippen molar-refractivity contribution in [2.24, 2.45) is 5.84 Å². The molecule has 0 amide bonds. The average Bonchev–Trinajstić information content (AvgIpc) is 2.88. The number of thiophene rings is 1. The van der Waals surface area contributed by atoms with Crippen molar-refractivity contribution in [2.75, 3.05) is 5.43 Å². The zero-order valence-electron chi connectivity index (χ0n) is 9.07. The van der Waals surface area contributed by atoms with Crippen molar-refractivity contribution in [3.63, 3.8) is 0 Å². The molecule has 0 radical (unpaired) electrons. The van der Waals surface area contributed by atoms with E-state index >= 15 is 0 Å². The van der Waals surface area contributed by atoms with Crippen molar-refractivity contribution >= 4 is 39.3 Å². The second-order valence-electron chi connectivity index (χ2n) is 3.28. The maximum atomic E-state index is 5.36. The summed E-state index contributed by atoms with van der Waals surface area (Å²) >= 11 is 2.98. The molecule has 0 aliphatic heterocycles. The minimum absolute atomic E-state index is 0.399. The first kappa shape index (κ1) is 11.3. The molecule has 0 spiro atoms. The zero-order chi connectivity index (χ0) is 12.4. The SMILES string of the molecule is NNc1nc(Sc2cnccn2)c2ccsc2n1. The number of hydrogen-bond donors (Lipinski definition) is 2. The summed E-state index contributed by atoms with van der Waals surface area (Å²) < 4.78 is 0. The van der Waals surface area contributed by atoms with Crippen LogP contribution in [0.3, 0.4) is 0 Å². The Morgan fingerprint density at radius 3 is 3.00 bits per heavy atom. The quantitative estimate of drug-likeness (QED) is 0.429. The van der Waals surface area contributed by atoms with E-state index in [0.717, 1.165) is 20.3 Å². The maximum Gasteiger partial charge on any atom is 0.239 e. The number of hydrazine groups is 1. The summed E-state index contributed by atoms with van der Waals surface area (Å²) in [5.41, 5.74) is 2.47. The molecule has 0 fully saturated rings. The van der Waals surface area contributed by atoms with Crippen LogP contribution in [-0.4, -0.2) is 19.9 Å². The van der Waals surface area contributed by atoms with Gasteiger partial charge < -0.3 is 0 Å². The lowest BCUT2D eigenvalue weighted by Gasteiger charge is -2.04. The first-order valence-electron chi connectivity index (χ1n) is 5.02. The summed E-state index contributed by atoms with van der Waals surface area (Å²) in [6.07, 6.45) is 4.98. The van der Waals surface area contributed by atoms with Gasteiger partial charge in [0.05, 0.1) is 6.20 Å². The molecule has 3 aromatic heterocycles. The van der Waals surface area contributed by atoms with Crippen LogP contribution in [0.25, 0.3) is 10.2 Å². The second-order valence-corrected chi connectivity index (χ2v) is 5.19. The fourth-order valence-electron chi connectivity index (χ4n) is 1.41. The first-order chi connectivity index (χ1) is 8.86. The summed E-state index contributed by atoms with van der Waals surface area (Å²) in [7, 11) is 0. The lowest BCUT2D eigenvalue weighted by molar-refractivity contribution is 1.04. The predicted octanol–water partition coefficient (Wildman–Crippen LogP) is 1.92. The van der Waals surface area contributed by atoms with Gasteiger partial charge in [-0.05, 0) is 23.2 Å². The summed E-state index contributed by atoms with van der Waals surface area (Å²) in [6, 6.07) is 1.99. The molecule has 3 rings (SSSR count). The molecule has 3 heterocycles. The van der Waals surface area contributed by atoms with Crippen LogP contribution < -0.4 is 11.3 Å². The van der Waals surface area contributed by atoms with E-state index in [0.29, 0.717) is 5.95 Å². The molecule has 0 bridgehead atoms. The Kier molecular flexibility index (Phi) is 3.05. The zero-order valence-corrected chi connectivity index (χ0v) is 10.7. The molecule has 18 heavy (non-hydrogen) atoms.